The molecule has 0 amide bonds. The highest BCUT2D eigenvalue weighted by atomic mass is 35.5. The molecule has 1 aromatic carbocycles. The molecule has 0 aliphatic carbocycles. The van der Waals surface area contributed by atoms with E-state index in [1.54, 1.807) is 0 Å². The van der Waals surface area contributed by atoms with Crippen LogP contribution in [0.2, 0.25) is 5.02 Å². The highest BCUT2D eigenvalue weighted by Gasteiger charge is 2.35. The summed E-state index contributed by atoms with van der Waals surface area (Å²) >= 11 is 5.71. The highest BCUT2D eigenvalue weighted by Crippen LogP contribution is 2.26. The summed E-state index contributed by atoms with van der Waals surface area (Å²) in [6, 6.07) is 3.59. The second-order valence-electron chi connectivity index (χ2n) is 5.23. The summed E-state index contributed by atoms with van der Waals surface area (Å²) in [5, 5.41) is 3.18. The van der Waals surface area contributed by atoms with Gasteiger partial charge in [0.2, 0.25) is 10.0 Å². The Kier molecular flexibility index (Phi) is 5.24. The van der Waals surface area contributed by atoms with Crippen molar-refractivity contribution in [2.75, 3.05) is 13.1 Å². The molecule has 0 aromatic heterocycles. The van der Waals surface area contributed by atoms with Crippen LogP contribution in [0.3, 0.4) is 0 Å². The van der Waals surface area contributed by atoms with E-state index < -0.39 is 15.8 Å². The van der Waals surface area contributed by atoms with E-state index in [1.807, 2.05) is 13.8 Å². The third-order valence-electron chi connectivity index (χ3n) is 3.91. The molecule has 1 aromatic rings. The number of nitrogens with one attached hydrogen (secondary N) is 1. The zero-order valence-corrected chi connectivity index (χ0v) is 13.7. The minimum atomic E-state index is -3.66. The third-order valence-corrected chi connectivity index (χ3v) is 6.12. The van der Waals surface area contributed by atoms with E-state index in [-0.39, 0.29) is 22.0 Å². The minimum Gasteiger partial charge on any atom is -0.311 e. The van der Waals surface area contributed by atoms with Crippen molar-refractivity contribution in [3.8, 4) is 0 Å². The highest BCUT2D eigenvalue weighted by molar-refractivity contribution is 7.89. The number of sulfonamides is 1. The molecule has 1 saturated heterocycles. The first-order valence-corrected chi connectivity index (χ1v) is 8.92. The average molecular weight is 335 g/mol. The van der Waals surface area contributed by atoms with Gasteiger partial charge in [-0.05, 0) is 31.0 Å². The van der Waals surface area contributed by atoms with Crippen molar-refractivity contribution < 1.29 is 12.8 Å². The Balaban J connectivity index is 2.37. The van der Waals surface area contributed by atoms with Crippen LogP contribution in [-0.2, 0) is 10.0 Å². The Morgan fingerprint density at radius 1 is 1.38 bits per heavy atom. The largest absolute Gasteiger partial charge is 0.311 e. The quantitative estimate of drug-likeness (QED) is 0.921. The van der Waals surface area contributed by atoms with Crippen LogP contribution in [0.1, 0.15) is 26.7 Å². The number of nitrogens with zero attached hydrogens (tertiary/aromatic N) is 1. The summed E-state index contributed by atoms with van der Waals surface area (Å²) in [4.78, 5) is 0.0455. The molecule has 2 rings (SSSR count). The number of halogens is 2. The Hall–Kier alpha value is -0.690. The summed E-state index contributed by atoms with van der Waals surface area (Å²) in [6.45, 7) is 5.03. The lowest BCUT2D eigenvalue weighted by Gasteiger charge is -2.38. The summed E-state index contributed by atoms with van der Waals surface area (Å²) in [5.41, 5.74) is 0. The van der Waals surface area contributed by atoms with Gasteiger partial charge in [-0.15, -0.1) is 0 Å². The molecule has 0 saturated carbocycles. The van der Waals surface area contributed by atoms with Crippen molar-refractivity contribution in [3.63, 3.8) is 0 Å². The van der Waals surface area contributed by atoms with Gasteiger partial charge in [-0.3, -0.25) is 0 Å². The number of piperazine rings is 1. The van der Waals surface area contributed by atoms with Crippen LogP contribution in [0.15, 0.2) is 23.1 Å². The monoisotopic (exact) mass is 334 g/mol. The Bertz CT molecular complexity index is 609. The number of hydrogen-bond donors (Lipinski definition) is 1. The summed E-state index contributed by atoms with van der Waals surface area (Å²) < 4.78 is 40.4. The van der Waals surface area contributed by atoms with E-state index in [4.69, 9.17) is 11.6 Å². The van der Waals surface area contributed by atoms with Crippen LogP contribution in [0, 0.1) is 5.82 Å². The molecule has 1 heterocycles. The molecule has 1 aliphatic heterocycles. The van der Waals surface area contributed by atoms with Gasteiger partial charge in [0.1, 0.15) is 5.82 Å². The van der Waals surface area contributed by atoms with Gasteiger partial charge in [-0.2, -0.15) is 4.31 Å². The first-order chi connectivity index (χ1) is 9.90. The predicted octanol–water partition coefficient (Wildman–Crippen LogP) is 2.63. The first-order valence-electron chi connectivity index (χ1n) is 7.10. The molecular weight excluding hydrogens is 315 g/mol. The molecule has 1 N–H and O–H groups in total. The maximum Gasteiger partial charge on any atom is 0.243 e. The lowest BCUT2D eigenvalue weighted by molar-refractivity contribution is 0.215. The number of hydrogen-bond acceptors (Lipinski definition) is 3. The van der Waals surface area contributed by atoms with Crippen molar-refractivity contribution in [1.29, 1.82) is 0 Å². The second kappa shape index (κ2) is 6.60. The normalized spacial score (nSPS) is 24.2. The van der Waals surface area contributed by atoms with Crippen LogP contribution in [0.25, 0.3) is 0 Å². The van der Waals surface area contributed by atoms with Gasteiger partial charge in [0.15, 0.2) is 0 Å². The maximum absolute atomic E-state index is 13.2. The van der Waals surface area contributed by atoms with Gasteiger partial charge in [0, 0.05) is 25.2 Å². The van der Waals surface area contributed by atoms with Crippen molar-refractivity contribution in [3.05, 3.63) is 29.0 Å². The third kappa shape index (κ3) is 3.39. The van der Waals surface area contributed by atoms with Gasteiger partial charge in [-0.1, -0.05) is 25.4 Å². The minimum absolute atomic E-state index is 0.0455. The van der Waals surface area contributed by atoms with Gasteiger partial charge in [-0.25, -0.2) is 12.8 Å². The summed E-state index contributed by atoms with van der Waals surface area (Å²) in [6.07, 6.45) is 1.57. The van der Waals surface area contributed by atoms with Gasteiger partial charge in [0.05, 0.1) is 9.92 Å². The van der Waals surface area contributed by atoms with Gasteiger partial charge >= 0.3 is 0 Å². The topological polar surface area (TPSA) is 49.4 Å². The molecule has 0 spiro atoms. The Labute approximate surface area is 130 Å². The number of benzene rings is 1. The van der Waals surface area contributed by atoms with E-state index in [2.05, 4.69) is 5.32 Å². The summed E-state index contributed by atoms with van der Waals surface area (Å²) in [5.74, 6) is -0.616. The van der Waals surface area contributed by atoms with E-state index in [9.17, 15) is 12.8 Å². The molecule has 21 heavy (non-hydrogen) atoms. The van der Waals surface area contributed by atoms with Crippen molar-refractivity contribution in [2.24, 2.45) is 0 Å². The van der Waals surface area contributed by atoms with E-state index in [1.165, 1.54) is 16.4 Å². The Morgan fingerprint density at radius 3 is 2.67 bits per heavy atom. The van der Waals surface area contributed by atoms with Crippen molar-refractivity contribution in [2.45, 2.75) is 43.7 Å². The molecule has 7 heteroatoms. The lowest BCUT2D eigenvalue weighted by Crippen LogP contribution is -2.57. The second-order valence-corrected chi connectivity index (χ2v) is 7.52. The van der Waals surface area contributed by atoms with Crippen LogP contribution in [-0.4, -0.2) is 37.9 Å². The first kappa shape index (κ1) is 16.7. The van der Waals surface area contributed by atoms with Crippen molar-refractivity contribution in [1.82, 2.24) is 9.62 Å². The predicted molar refractivity (Wildman–Crippen MR) is 81.5 cm³/mol. The molecule has 2 atom stereocenters. The van der Waals surface area contributed by atoms with Crippen LogP contribution in [0.4, 0.5) is 4.39 Å². The maximum atomic E-state index is 13.2. The zero-order chi connectivity index (χ0) is 15.6. The van der Waals surface area contributed by atoms with Crippen LogP contribution in [0.5, 0.6) is 0 Å². The van der Waals surface area contributed by atoms with Gasteiger partial charge < -0.3 is 5.32 Å². The molecule has 0 radical (unpaired) electrons. The molecule has 0 bridgehead atoms. The van der Waals surface area contributed by atoms with E-state index >= 15 is 0 Å². The fraction of sp³-hybridized carbons (Fsp3) is 0.571. The smallest absolute Gasteiger partial charge is 0.243 e. The number of rotatable bonds is 4. The van der Waals surface area contributed by atoms with E-state index in [0.717, 1.165) is 18.9 Å². The van der Waals surface area contributed by atoms with Gasteiger partial charge in [0.25, 0.3) is 0 Å². The van der Waals surface area contributed by atoms with E-state index in [0.29, 0.717) is 13.1 Å². The fourth-order valence-corrected chi connectivity index (χ4v) is 4.54. The molecular formula is C14H20ClFN2O2S. The average Bonchev–Trinajstić information content (AvgIpc) is 2.49. The molecule has 4 nitrogen and oxygen atoms in total. The molecule has 1 aliphatic rings. The molecule has 1 fully saturated rings. The lowest BCUT2D eigenvalue weighted by atomic mass is 10.1. The summed E-state index contributed by atoms with van der Waals surface area (Å²) in [7, 11) is -3.66. The van der Waals surface area contributed by atoms with Crippen LogP contribution >= 0.6 is 11.6 Å². The zero-order valence-electron chi connectivity index (χ0n) is 12.1. The van der Waals surface area contributed by atoms with Crippen molar-refractivity contribution >= 4 is 21.6 Å². The standard InChI is InChI=1S/C14H20ClFN2O2S/c1-3-10-9-18(11(4-2)8-17-10)21(19,20)12-5-6-14(16)13(15)7-12/h5-7,10-11,17H,3-4,8-9H2,1-2H3. The molecule has 2 unspecified atom stereocenters. The SMILES string of the molecule is CCC1CN(S(=O)(=O)c2ccc(F)c(Cl)c2)C(CC)CN1. The fourth-order valence-electron chi connectivity index (χ4n) is 2.52. The van der Waals surface area contributed by atoms with Crippen LogP contribution < -0.4 is 5.32 Å². The molecule has 118 valence electrons. The Morgan fingerprint density at radius 2 is 2.10 bits per heavy atom.